The number of aryl methyl sites for hydroxylation is 1. The molecule has 6 nitrogen and oxygen atoms in total. The van der Waals surface area contributed by atoms with Crippen molar-refractivity contribution in [3.05, 3.63) is 45.9 Å². The fraction of sp³-hybridized carbons (Fsp3) is 0.476. The van der Waals surface area contributed by atoms with Gasteiger partial charge in [-0.25, -0.2) is 9.78 Å². The van der Waals surface area contributed by atoms with Crippen LogP contribution in [0.25, 0.3) is 0 Å². The average Bonchev–Trinajstić information content (AvgIpc) is 3.12. The summed E-state index contributed by atoms with van der Waals surface area (Å²) in [5, 5.41) is 5.93. The molecule has 1 saturated carbocycles. The van der Waals surface area contributed by atoms with E-state index in [0.29, 0.717) is 23.8 Å². The van der Waals surface area contributed by atoms with Gasteiger partial charge < -0.3 is 14.8 Å². The maximum Gasteiger partial charge on any atom is 0.338 e. The number of hydrogen-bond donors (Lipinski definition) is 1. The molecule has 1 N–H and O–H groups in total. The minimum atomic E-state index is -0.520. The lowest BCUT2D eigenvalue weighted by molar-refractivity contribution is -0.125. The number of hydrogen-bond acceptors (Lipinski definition) is 6. The minimum absolute atomic E-state index is 0.179. The molecule has 1 aliphatic carbocycles. The van der Waals surface area contributed by atoms with Crippen molar-refractivity contribution < 1.29 is 19.1 Å². The molecule has 0 aliphatic heterocycles. The summed E-state index contributed by atoms with van der Waals surface area (Å²) in [6.45, 7) is 4.22. The van der Waals surface area contributed by atoms with Gasteiger partial charge in [-0.1, -0.05) is 19.8 Å². The highest BCUT2D eigenvalue weighted by atomic mass is 32.1. The maximum absolute atomic E-state index is 12.1. The van der Waals surface area contributed by atoms with Gasteiger partial charge in [-0.15, -0.1) is 11.3 Å². The number of esters is 1. The number of nitrogens with one attached hydrogen (secondary N) is 1. The topological polar surface area (TPSA) is 77.5 Å². The molecule has 1 heterocycles. The molecule has 0 bridgehead atoms. The molecule has 2 aromatic rings. The zero-order valence-electron chi connectivity index (χ0n) is 16.3. The van der Waals surface area contributed by atoms with E-state index >= 15 is 0 Å². The van der Waals surface area contributed by atoms with Gasteiger partial charge in [0.05, 0.1) is 16.3 Å². The summed E-state index contributed by atoms with van der Waals surface area (Å²) >= 11 is 1.58. The number of aromatic nitrogens is 1. The third kappa shape index (κ3) is 5.79. The highest BCUT2D eigenvalue weighted by molar-refractivity contribution is 7.09. The summed E-state index contributed by atoms with van der Waals surface area (Å²) in [7, 11) is 0. The Bertz CT molecular complexity index is 803. The van der Waals surface area contributed by atoms with Crippen molar-refractivity contribution >= 4 is 23.2 Å². The first-order valence-electron chi connectivity index (χ1n) is 9.61. The number of thiazole rings is 1. The van der Waals surface area contributed by atoms with Crippen LogP contribution in [0.1, 0.15) is 53.7 Å². The molecule has 3 rings (SSSR count). The Kier molecular flexibility index (Phi) is 7.03. The predicted molar refractivity (Wildman–Crippen MR) is 107 cm³/mol. The fourth-order valence-corrected chi connectivity index (χ4v) is 3.91. The largest absolute Gasteiger partial charge is 0.487 e. The van der Waals surface area contributed by atoms with Crippen molar-refractivity contribution in [2.24, 2.45) is 5.92 Å². The van der Waals surface area contributed by atoms with Gasteiger partial charge in [-0.05, 0) is 49.9 Å². The van der Waals surface area contributed by atoms with Gasteiger partial charge in [0, 0.05) is 11.4 Å². The zero-order chi connectivity index (χ0) is 19.9. The fourth-order valence-electron chi connectivity index (χ4n) is 3.31. The minimum Gasteiger partial charge on any atom is -0.487 e. The molecule has 1 aromatic heterocycles. The lowest BCUT2D eigenvalue weighted by Gasteiger charge is -2.29. The molecular weight excluding hydrogens is 376 g/mol. The lowest BCUT2D eigenvalue weighted by Crippen LogP contribution is -2.42. The quantitative estimate of drug-likeness (QED) is 0.711. The van der Waals surface area contributed by atoms with Crippen LogP contribution in [0.3, 0.4) is 0 Å². The summed E-state index contributed by atoms with van der Waals surface area (Å²) in [4.78, 5) is 28.5. The van der Waals surface area contributed by atoms with E-state index in [9.17, 15) is 9.59 Å². The van der Waals surface area contributed by atoms with Crippen molar-refractivity contribution in [1.82, 2.24) is 10.3 Å². The average molecular weight is 403 g/mol. The molecule has 28 heavy (non-hydrogen) atoms. The molecule has 2 atom stereocenters. The van der Waals surface area contributed by atoms with Crippen LogP contribution in [-0.2, 0) is 16.1 Å². The number of ether oxygens (including phenoxy) is 2. The van der Waals surface area contributed by atoms with E-state index in [1.165, 1.54) is 6.42 Å². The molecule has 0 unspecified atom stereocenters. The smallest absolute Gasteiger partial charge is 0.338 e. The van der Waals surface area contributed by atoms with Crippen LogP contribution < -0.4 is 10.1 Å². The van der Waals surface area contributed by atoms with Crippen LogP contribution >= 0.6 is 11.3 Å². The van der Waals surface area contributed by atoms with Gasteiger partial charge in [-0.3, -0.25) is 4.79 Å². The monoisotopic (exact) mass is 402 g/mol. The summed E-state index contributed by atoms with van der Waals surface area (Å²) in [6, 6.07) is 6.85. The highest BCUT2D eigenvalue weighted by Gasteiger charge is 2.23. The lowest BCUT2D eigenvalue weighted by atomic mass is 9.86. The molecule has 1 aromatic carbocycles. The SMILES string of the molecule is Cc1nc(COc2ccc(C(=O)OCC(=O)N[C@@H]3CCCC[C@@H]3C)cc2)cs1. The molecule has 1 aliphatic rings. The predicted octanol–water partition coefficient (Wildman–Crippen LogP) is 3.88. The Morgan fingerprint density at radius 1 is 1.21 bits per heavy atom. The summed E-state index contributed by atoms with van der Waals surface area (Å²) in [5.74, 6) is 0.347. The molecule has 1 amide bonds. The van der Waals surface area contributed by atoms with E-state index in [1.807, 2.05) is 12.3 Å². The maximum atomic E-state index is 12.1. The van der Waals surface area contributed by atoms with E-state index in [2.05, 4.69) is 17.2 Å². The first-order valence-corrected chi connectivity index (χ1v) is 10.5. The Balaban J connectivity index is 1.43. The van der Waals surface area contributed by atoms with Crippen molar-refractivity contribution in [2.75, 3.05) is 6.61 Å². The Morgan fingerprint density at radius 2 is 1.96 bits per heavy atom. The van der Waals surface area contributed by atoms with Gasteiger partial charge in [0.15, 0.2) is 6.61 Å². The standard InChI is InChI=1S/C21H26N2O4S/c1-14-5-3-4-6-19(14)23-20(24)12-27-21(25)16-7-9-18(10-8-16)26-11-17-13-28-15(2)22-17/h7-10,13-14,19H,3-6,11-12H2,1-2H3,(H,23,24)/t14-,19+/m0/s1. The number of amides is 1. The second-order valence-corrected chi connectivity index (χ2v) is 8.25. The van der Waals surface area contributed by atoms with E-state index in [1.54, 1.807) is 35.6 Å². The normalized spacial score (nSPS) is 19.1. The van der Waals surface area contributed by atoms with Crippen LogP contribution in [0.2, 0.25) is 0 Å². The first-order chi connectivity index (χ1) is 13.5. The number of nitrogens with zero attached hydrogens (tertiary/aromatic N) is 1. The van der Waals surface area contributed by atoms with Gasteiger partial charge in [0.2, 0.25) is 0 Å². The molecule has 0 saturated heterocycles. The van der Waals surface area contributed by atoms with Gasteiger partial charge in [0.25, 0.3) is 5.91 Å². The van der Waals surface area contributed by atoms with E-state index in [4.69, 9.17) is 9.47 Å². The zero-order valence-corrected chi connectivity index (χ0v) is 17.1. The van der Waals surface area contributed by atoms with Crippen molar-refractivity contribution in [3.63, 3.8) is 0 Å². The van der Waals surface area contributed by atoms with E-state index in [0.717, 1.165) is 30.0 Å². The Morgan fingerprint density at radius 3 is 2.64 bits per heavy atom. The molecular formula is C21H26N2O4S. The van der Waals surface area contributed by atoms with Gasteiger partial charge in [0.1, 0.15) is 12.4 Å². The summed E-state index contributed by atoms with van der Waals surface area (Å²) in [6.07, 6.45) is 4.46. The highest BCUT2D eigenvalue weighted by Crippen LogP contribution is 2.23. The molecule has 1 fully saturated rings. The molecule has 150 valence electrons. The van der Waals surface area contributed by atoms with Gasteiger partial charge >= 0.3 is 5.97 Å². The summed E-state index contributed by atoms with van der Waals surface area (Å²) in [5.41, 5.74) is 1.26. The van der Waals surface area contributed by atoms with E-state index < -0.39 is 5.97 Å². The van der Waals surface area contributed by atoms with Crippen LogP contribution in [-0.4, -0.2) is 29.5 Å². The van der Waals surface area contributed by atoms with Crippen molar-refractivity contribution in [3.8, 4) is 5.75 Å². The number of benzene rings is 1. The third-order valence-corrected chi connectivity index (χ3v) is 5.76. The van der Waals surface area contributed by atoms with Crippen LogP contribution in [0, 0.1) is 12.8 Å². The number of carbonyl (C=O) groups is 2. The van der Waals surface area contributed by atoms with E-state index in [-0.39, 0.29) is 18.6 Å². The number of carbonyl (C=O) groups excluding carboxylic acids is 2. The molecule has 0 spiro atoms. The second kappa shape index (κ2) is 9.68. The Hall–Kier alpha value is -2.41. The van der Waals surface area contributed by atoms with Crippen LogP contribution in [0.15, 0.2) is 29.6 Å². The second-order valence-electron chi connectivity index (χ2n) is 7.18. The molecule has 0 radical (unpaired) electrons. The Labute approximate surface area is 169 Å². The number of rotatable bonds is 7. The van der Waals surface area contributed by atoms with Crippen LogP contribution in [0.4, 0.5) is 0 Å². The first kappa shape index (κ1) is 20.3. The third-order valence-electron chi connectivity index (χ3n) is 4.94. The summed E-state index contributed by atoms with van der Waals surface area (Å²) < 4.78 is 10.8. The van der Waals surface area contributed by atoms with Crippen molar-refractivity contribution in [2.45, 2.75) is 52.2 Å². The van der Waals surface area contributed by atoms with Gasteiger partial charge in [-0.2, -0.15) is 0 Å². The molecule has 7 heteroatoms. The van der Waals surface area contributed by atoms with Crippen LogP contribution in [0.5, 0.6) is 5.75 Å². The van der Waals surface area contributed by atoms with Crippen molar-refractivity contribution in [1.29, 1.82) is 0 Å².